The molecule has 1 aliphatic heterocycles. The highest BCUT2D eigenvalue weighted by atomic mass is 32.1. The second-order valence-corrected chi connectivity index (χ2v) is 6.92. The Morgan fingerprint density at radius 2 is 2.00 bits per heavy atom. The fraction of sp³-hybridized carbons (Fsp3) is 0.105. The first-order valence-corrected chi connectivity index (χ1v) is 9.07. The Kier molecular flexibility index (Phi) is 4.81. The van der Waals surface area contributed by atoms with Crippen molar-refractivity contribution in [1.29, 1.82) is 0 Å². The Hall–Kier alpha value is -3.59. The Balaban J connectivity index is 1.39. The van der Waals surface area contributed by atoms with E-state index in [0.29, 0.717) is 29.5 Å². The van der Waals surface area contributed by atoms with E-state index in [4.69, 9.17) is 14.2 Å². The number of carbonyl (C=O) groups is 1. The van der Waals surface area contributed by atoms with E-state index in [1.807, 2.05) is 6.07 Å². The lowest BCUT2D eigenvalue weighted by atomic mass is 10.2. The number of hydrogen-bond donors (Lipinski definition) is 1. The minimum Gasteiger partial charge on any atom is -0.489 e. The van der Waals surface area contributed by atoms with Crippen LogP contribution in [0.3, 0.4) is 0 Å². The first kappa shape index (κ1) is 17.8. The Bertz CT molecular complexity index is 1050. The van der Waals surface area contributed by atoms with Crippen molar-refractivity contribution < 1.29 is 23.9 Å². The summed E-state index contributed by atoms with van der Waals surface area (Å²) in [4.78, 5) is 22.8. The van der Waals surface area contributed by atoms with Gasteiger partial charge in [-0.1, -0.05) is 23.5 Å². The summed E-state index contributed by atoms with van der Waals surface area (Å²) in [6.07, 6.45) is 0. The molecule has 2 aromatic carbocycles. The van der Waals surface area contributed by atoms with Gasteiger partial charge in [0.15, 0.2) is 11.5 Å². The topological polar surface area (TPSA) is 99.9 Å². The zero-order valence-corrected chi connectivity index (χ0v) is 15.2. The lowest BCUT2D eigenvalue weighted by molar-refractivity contribution is -0.380. The minimum absolute atomic E-state index is 0.0731. The van der Waals surface area contributed by atoms with Crippen LogP contribution in [0.2, 0.25) is 0 Å². The summed E-state index contributed by atoms with van der Waals surface area (Å²) in [6, 6.07) is 15.3. The van der Waals surface area contributed by atoms with Gasteiger partial charge in [-0.25, -0.2) is 0 Å². The van der Waals surface area contributed by atoms with E-state index in [0.717, 1.165) is 16.9 Å². The Morgan fingerprint density at radius 3 is 2.82 bits per heavy atom. The monoisotopic (exact) mass is 398 g/mol. The van der Waals surface area contributed by atoms with Gasteiger partial charge in [0.2, 0.25) is 6.79 Å². The lowest BCUT2D eigenvalue weighted by Gasteiger charge is -2.09. The first-order valence-electron chi connectivity index (χ1n) is 8.25. The highest BCUT2D eigenvalue weighted by molar-refractivity contribution is 7.17. The number of carbonyl (C=O) groups excluding carboxylic acids is 1. The number of amides is 1. The van der Waals surface area contributed by atoms with Crippen LogP contribution in [0.15, 0.2) is 54.6 Å². The average Bonchev–Trinajstić information content (AvgIpc) is 3.36. The summed E-state index contributed by atoms with van der Waals surface area (Å²) >= 11 is 0.832. The van der Waals surface area contributed by atoms with Crippen LogP contribution in [0.25, 0.3) is 0 Å². The quantitative estimate of drug-likeness (QED) is 0.493. The van der Waals surface area contributed by atoms with Crippen LogP contribution in [0.5, 0.6) is 17.2 Å². The molecule has 0 aliphatic carbocycles. The molecular weight excluding hydrogens is 384 g/mol. The van der Waals surface area contributed by atoms with Crippen molar-refractivity contribution in [1.82, 2.24) is 0 Å². The third-order valence-corrected chi connectivity index (χ3v) is 4.97. The molecule has 0 fully saturated rings. The number of nitrogens with one attached hydrogen (secondary N) is 1. The van der Waals surface area contributed by atoms with Crippen molar-refractivity contribution in [2.75, 3.05) is 12.1 Å². The fourth-order valence-electron chi connectivity index (χ4n) is 2.61. The summed E-state index contributed by atoms with van der Waals surface area (Å²) < 4.78 is 16.4. The van der Waals surface area contributed by atoms with Gasteiger partial charge in [-0.2, -0.15) is 0 Å². The first-order chi connectivity index (χ1) is 13.6. The van der Waals surface area contributed by atoms with E-state index < -0.39 is 10.8 Å². The van der Waals surface area contributed by atoms with Crippen molar-refractivity contribution in [3.8, 4) is 17.2 Å². The molecule has 0 saturated carbocycles. The molecule has 0 saturated heterocycles. The number of benzene rings is 2. The largest absolute Gasteiger partial charge is 0.489 e. The molecule has 3 aromatic rings. The zero-order valence-electron chi connectivity index (χ0n) is 14.4. The van der Waals surface area contributed by atoms with Crippen molar-refractivity contribution in [3.63, 3.8) is 0 Å². The molecule has 1 N–H and O–H groups in total. The predicted molar refractivity (Wildman–Crippen MR) is 102 cm³/mol. The van der Waals surface area contributed by atoms with Gasteiger partial charge in [-0.05, 0) is 35.9 Å². The van der Waals surface area contributed by atoms with Gasteiger partial charge in [0.25, 0.3) is 5.91 Å². The summed E-state index contributed by atoms with van der Waals surface area (Å²) in [6.45, 7) is 0.502. The molecule has 0 radical (unpaired) electrons. The number of nitrogens with zero attached hydrogens (tertiary/aromatic N) is 1. The number of anilines is 1. The molecule has 28 heavy (non-hydrogen) atoms. The average molecular weight is 398 g/mol. The number of nitro groups is 1. The van der Waals surface area contributed by atoms with E-state index in [1.165, 1.54) is 12.1 Å². The number of rotatable bonds is 6. The SMILES string of the molecule is O=C(Nc1cccc(COc2ccc3c(c2)OCO3)c1)c1ccc([N+](=O)[O-])s1. The fourth-order valence-corrected chi connectivity index (χ4v) is 3.33. The van der Waals surface area contributed by atoms with Crippen LogP contribution in [-0.4, -0.2) is 17.6 Å². The summed E-state index contributed by atoms with van der Waals surface area (Å²) in [5.74, 6) is 1.57. The summed E-state index contributed by atoms with van der Waals surface area (Å²) in [5, 5.41) is 13.4. The maximum atomic E-state index is 12.3. The van der Waals surface area contributed by atoms with Crippen LogP contribution in [0.4, 0.5) is 10.7 Å². The van der Waals surface area contributed by atoms with Gasteiger partial charge in [0.1, 0.15) is 12.4 Å². The normalized spacial score (nSPS) is 11.9. The highest BCUT2D eigenvalue weighted by Gasteiger charge is 2.16. The third kappa shape index (κ3) is 3.89. The van der Waals surface area contributed by atoms with Gasteiger partial charge in [0, 0.05) is 17.8 Å². The number of ether oxygens (including phenoxy) is 3. The zero-order chi connectivity index (χ0) is 19.5. The summed E-state index contributed by atoms with van der Waals surface area (Å²) in [5.41, 5.74) is 1.43. The third-order valence-electron chi connectivity index (χ3n) is 3.93. The smallest absolute Gasteiger partial charge is 0.324 e. The standard InChI is InChI=1S/C19H14N2O6S/c22-19(17-6-7-18(28-17)21(23)24)20-13-3-1-2-12(8-13)10-25-14-4-5-15-16(9-14)27-11-26-15/h1-9H,10-11H2,(H,20,22). The molecule has 2 heterocycles. The molecule has 1 aromatic heterocycles. The number of hydrogen-bond acceptors (Lipinski definition) is 7. The van der Waals surface area contributed by atoms with Crippen LogP contribution in [0, 0.1) is 10.1 Å². The molecule has 1 amide bonds. The van der Waals surface area contributed by atoms with E-state index >= 15 is 0 Å². The molecule has 0 spiro atoms. The Labute approximate surface area is 163 Å². The maximum absolute atomic E-state index is 12.3. The Morgan fingerprint density at radius 1 is 1.14 bits per heavy atom. The molecule has 0 atom stereocenters. The molecule has 9 heteroatoms. The van der Waals surface area contributed by atoms with Crippen molar-refractivity contribution in [2.24, 2.45) is 0 Å². The maximum Gasteiger partial charge on any atom is 0.324 e. The van der Waals surface area contributed by atoms with E-state index in [-0.39, 0.29) is 16.7 Å². The van der Waals surface area contributed by atoms with Crippen LogP contribution in [-0.2, 0) is 6.61 Å². The second-order valence-electron chi connectivity index (χ2n) is 5.85. The molecule has 142 valence electrons. The molecule has 8 nitrogen and oxygen atoms in total. The highest BCUT2D eigenvalue weighted by Crippen LogP contribution is 2.35. The van der Waals surface area contributed by atoms with Gasteiger partial charge >= 0.3 is 5.00 Å². The van der Waals surface area contributed by atoms with Gasteiger partial charge in [-0.15, -0.1) is 0 Å². The van der Waals surface area contributed by atoms with Crippen molar-refractivity contribution in [3.05, 3.63) is 75.2 Å². The molecular formula is C19H14N2O6S. The van der Waals surface area contributed by atoms with Crippen LogP contribution in [0.1, 0.15) is 15.2 Å². The molecule has 0 unspecified atom stereocenters. The van der Waals surface area contributed by atoms with E-state index in [9.17, 15) is 14.9 Å². The van der Waals surface area contributed by atoms with Gasteiger partial charge in [-0.3, -0.25) is 14.9 Å². The van der Waals surface area contributed by atoms with Gasteiger partial charge < -0.3 is 19.5 Å². The lowest BCUT2D eigenvalue weighted by Crippen LogP contribution is -2.10. The predicted octanol–water partition coefficient (Wildman–Crippen LogP) is 4.22. The number of thiophene rings is 1. The molecule has 4 rings (SSSR count). The van der Waals surface area contributed by atoms with Crippen LogP contribution < -0.4 is 19.5 Å². The second kappa shape index (κ2) is 7.57. The molecule has 0 bridgehead atoms. The van der Waals surface area contributed by atoms with Gasteiger partial charge in [0.05, 0.1) is 9.80 Å². The summed E-state index contributed by atoms with van der Waals surface area (Å²) in [7, 11) is 0. The van der Waals surface area contributed by atoms with E-state index in [2.05, 4.69) is 5.32 Å². The minimum atomic E-state index is -0.518. The molecule has 1 aliphatic rings. The van der Waals surface area contributed by atoms with Crippen molar-refractivity contribution >= 4 is 27.9 Å². The van der Waals surface area contributed by atoms with Crippen LogP contribution >= 0.6 is 11.3 Å². The van der Waals surface area contributed by atoms with E-state index in [1.54, 1.807) is 36.4 Å². The number of fused-ring (bicyclic) bond motifs is 1. The van der Waals surface area contributed by atoms with Crippen molar-refractivity contribution in [2.45, 2.75) is 6.61 Å².